The lowest BCUT2D eigenvalue weighted by molar-refractivity contribution is -0.140. The molecule has 1 fully saturated rings. The minimum atomic E-state index is -4.41. The average Bonchev–Trinajstić information content (AvgIpc) is 3.24. The van der Waals surface area contributed by atoms with E-state index < -0.39 is 22.6 Å². The third kappa shape index (κ3) is 8.02. The molecule has 0 atom stereocenters. The van der Waals surface area contributed by atoms with Gasteiger partial charge in [0.25, 0.3) is 0 Å². The smallest absolute Gasteiger partial charge is 0.382 e. The summed E-state index contributed by atoms with van der Waals surface area (Å²) in [5.41, 5.74) is 2.16. The Balaban J connectivity index is 1.49. The zero-order valence-corrected chi connectivity index (χ0v) is 23.1. The highest BCUT2D eigenvalue weighted by molar-refractivity contribution is 7.90. The number of hydrogen-bond acceptors (Lipinski definition) is 6. The lowest BCUT2D eigenvalue weighted by atomic mass is 10.0. The van der Waals surface area contributed by atoms with E-state index in [1.165, 1.54) is 16.7 Å². The van der Waals surface area contributed by atoms with E-state index in [2.05, 4.69) is 27.4 Å². The number of alkyl halides is 3. The fourth-order valence-electron chi connectivity index (χ4n) is 4.88. The van der Waals surface area contributed by atoms with Gasteiger partial charge in [0, 0.05) is 48.6 Å². The Morgan fingerprint density at radius 2 is 1.82 bits per heavy atom. The van der Waals surface area contributed by atoms with Crippen LogP contribution in [-0.2, 0) is 21.2 Å². The average molecular weight is 575 g/mol. The number of carbonyl (C=O) groups excluding carboxylic acids is 1. The van der Waals surface area contributed by atoms with Gasteiger partial charge >= 0.3 is 6.18 Å². The fourth-order valence-corrected chi connectivity index (χ4v) is 5.51. The van der Waals surface area contributed by atoms with Crippen LogP contribution < -0.4 is 10.6 Å². The van der Waals surface area contributed by atoms with Crippen LogP contribution in [0.1, 0.15) is 31.4 Å². The van der Waals surface area contributed by atoms with Crippen LogP contribution in [0.3, 0.4) is 0 Å². The molecule has 1 aliphatic rings. The molecular formula is C29H33F3N4O3S. The molecule has 0 bridgehead atoms. The molecule has 0 radical (unpaired) electrons. The molecule has 0 unspecified atom stereocenters. The third-order valence-electron chi connectivity index (χ3n) is 6.91. The molecule has 0 saturated carbocycles. The predicted octanol–water partition coefficient (Wildman–Crippen LogP) is 4.93. The van der Waals surface area contributed by atoms with Crippen molar-refractivity contribution < 1.29 is 26.4 Å². The van der Waals surface area contributed by atoms with E-state index in [9.17, 15) is 26.4 Å². The van der Waals surface area contributed by atoms with Gasteiger partial charge in [0.1, 0.15) is 12.8 Å². The molecule has 1 aliphatic heterocycles. The Bertz CT molecular complexity index is 1480. The molecular weight excluding hydrogens is 541 g/mol. The maximum Gasteiger partial charge on any atom is 0.406 e. The van der Waals surface area contributed by atoms with Crippen molar-refractivity contribution in [2.45, 2.75) is 49.3 Å². The molecule has 3 aromatic rings. The number of carbonyl (C=O) groups is 1. The summed E-state index contributed by atoms with van der Waals surface area (Å²) >= 11 is 0. The van der Waals surface area contributed by atoms with E-state index in [4.69, 9.17) is 0 Å². The minimum absolute atomic E-state index is 0.169. The summed E-state index contributed by atoms with van der Waals surface area (Å²) in [5.74, 6) is 5.78. The first-order valence-electron chi connectivity index (χ1n) is 13.2. The Labute approximate surface area is 232 Å². The molecule has 0 amide bonds. The van der Waals surface area contributed by atoms with E-state index in [-0.39, 0.29) is 23.2 Å². The molecule has 2 heterocycles. The van der Waals surface area contributed by atoms with Gasteiger partial charge in [-0.25, -0.2) is 8.42 Å². The number of unbranched alkanes of at least 4 members (excludes halogenated alkanes) is 1. The molecule has 1 saturated heterocycles. The van der Waals surface area contributed by atoms with Crippen LogP contribution in [-0.4, -0.2) is 68.8 Å². The van der Waals surface area contributed by atoms with Gasteiger partial charge in [-0.2, -0.15) is 13.2 Å². The number of halogens is 3. The van der Waals surface area contributed by atoms with Gasteiger partial charge in [0.2, 0.25) is 0 Å². The highest BCUT2D eigenvalue weighted by Gasteiger charge is 2.30. The summed E-state index contributed by atoms with van der Waals surface area (Å²) in [6, 6.07) is 13.4. The van der Waals surface area contributed by atoms with Crippen molar-refractivity contribution in [2.75, 3.05) is 43.1 Å². The zero-order valence-electron chi connectivity index (χ0n) is 22.3. The van der Waals surface area contributed by atoms with E-state index in [0.717, 1.165) is 57.1 Å². The van der Waals surface area contributed by atoms with E-state index in [1.54, 1.807) is 30.3 Å². The first kappa shape index (κ1) is 29.5. The number of aldehydes is 1. The van der Waals surface area contributed by atoms with Gasteiger partial charge in [-0.3, -0.25) is 0 Å². The quantitative estimate of drug-likeness (QED) is 0.203. The summed E-state index contributed by atoms with van der Waals surface area (Å²) in [4.78, 5) is 13.1. The fraction of sp³-hybridized carbons (Fsp3) is 0.414. The molecule has 7 nitrogen and oxygen atoms in total. The van der Waals surface area contributed by atoms with Gasteiger partial charge < -0.3 is 24.9 Å². The number of rotatable bonds is 10. The molecule has 4 rings (SSSR count). The number of sulfone groups is 1. The van der Waals surface area contributed by atoms with Gasteiger partial charge in [-0.1, -0.05) is 12.0 Å². The first-order valence-corrected chi connectivity index (χ1v) is 15.1. The monoisotopic (exact) mass is 574 g/mol. The SMILES string of the molecule is CS(=O)(=O)c1ccc(NCC#Cc2cc3c(NC4CCN(CCCC=O)CC4)cccc3n2CC(F)(F)F)cc1. The lowest BCUT2D eigenvalue weighted by Gasteiger charge is -2.32. The van der Waals surface area contributed by atoms with Crippen molar-refractivity contribution in [2.24, 2.45) is 0 Å². The Kier molecular flexibility index (Phi) is 9.43. The Morgan fingerprint density at radius 1 is 1.10 bits per heavy atom. The van der Waals surface area contributed by atoms with Crippen molar-refractivity contribution in [1.82, 2.24) is 9.47 Å². The molecule has 0 spiro atoms. The number of hydrogen-bond donors (Lipinski definition) is 2. The van der Waals surface area contributed by atoms with Crippen LogP contribution in [0.2, 0.25) is 0 Å². The number of nitrogens with zero attached hydrogens (tertiary/aromatic N) is 2. The second kappa shape index (κ2) is 12.8. The molecule has 214 valence electrons. The summed E-state index contributed by atoms with van der Waals surface area (Å²) in [6.07, 6.45) is 0.883. The maximum atomic E-state index is 13.5. The number of nitrogens with one attached hydrogen (secondary N) is 2. The van der Waals surface area contributed by atoms with Crippen molar-refractivity contribution in [3.05, 3.63) is 54.2 Å². The predicted molar refractivity (Wildman–Crippen MR) is 151 cm³/mol. The second-order valence-electron chi connectivity index (χ2n) is 9.99. The Morgan fingerprint density at radius 3 is 2.48 bits per heavy atom. The van der Waals surface area contributed by atoms with Gasteiger partial charge in [-0.15, -0.1) is 0 Å². The van der Waals surface area contributed by atoms with E-state index in [0.29, 0.717) is 23.0 Å². The van der Waals surface area contributed by atoms with Gasteiger partial charge in [0.15, 0.2) is 9.84 Å². The highest BCUT2D eigenvalue weighted by atomic mass is 32.2. The van der Waals surface area contributed by atoms with Crippen molar-refractivity contribution in [1.29, 1.82) is 0 Å². The van der Waals surface area contributed by atoms with Crippen LogP contribution in [0.15, 0.2) is 53.4 Å². The molecule has 40 heavy (non-hydrogen) atoms. The number of piperidine rings is 1. The number of benzene rings is 2. The summed E-state index contributed by atoms with van der Waals surface area (Å²) in [7, 11) is -3.30. The summed E-state index contributed by atoms with van der Waals surface area (Å²) < 4.78 is 65.0. The zero-order chi connectivity index (χ0) is 28.8. The molecule has 2 N–H and O–H groups in total. The summed E-state index contributed by atoms with van der Waals surface area (Å²) in [5, 5.41) is 7.27. The number of fused-ring (bicyclic) bond motifs is 1. The lowest BCUT2D eigenvalue weighted by Crippen LogP contribution is -2.39. The number of aromatic nitrogens is 1. The Hall–Kier alpha value is -3.49. The molecule has 0 aliphatic carbocycles. The normalized spacial score (nSPS) is 15.0. The van der Waals surface area contributed by atoms with Gasteiger partial charge in [0.05, 0.1) is 22.7 Å². The van der Waals surface area contributed by atoms with Crippen molar-refractivity contribution in [3.8, 4) is 11.8 Å². The van der Waals surface area contributed by atoms with Crippen LogP contribution in [0.25, 0.3) is 10.9 Å². The first-order chi connectivity index (χ1) is 19.0. The molecule has 11 heteroatoms. The third-order valence-corrected chi connectivity index (χ3v) is 8.03. The summed E-state index contributed by atoms with van der Waals surface area (Å²) in [6.45, 7) is 1.72. The largest absolute Gasteiger partial charge is 0.406 e. The molecule has 2 aromatic carbocycles. The van der Waals surface area contributed by atoms with Gasteiger partial charge in [-0.05, 0) is 74.2 Å². The highest BCUT2D eigenvalue weighted by Crippen LogP contribution is 2.31. The van der Waals surface area contributed by atoms with Crippen LogP contribution >= 0.6 is 0 Å². The number of anilines is 2. The van der Waals surface area contributed by atoms with Crippen LogP contribution in [0.5, 0.6) is 0 Å². The second-order valence-corrected chi connectivity index (χ2v) is 12.0. The maximum absolute atomic E-state index is 13.5. The van der Waals surface area contributed by atoms with Crippen LogP contribution in [0, 0.1) is 11.8 Å². The van der Waals surface area contributed by atoms with E-state index in [1.807, 2.05) is 6.07 Å². The standard InChI is InChI=1S/C29H33F3N4O3S/c1-40(38,39)25-11-9-22(10-12-25)33-15-5-6-24-20-26-27(7-4-8-28(26)36(24)21-29(30,31)32)34-23-13-17-35(18-14-23)16-2-3-19-37/h4,7-12,19-20,23,33-34H,2-3,13-18,21H2,1H3. The van der Waals surface area contributed by atoms with Crippen molar-refractivity contribution >= 4 is 38.4 Å². The minimum Gasteiger partial charge on any atom is -0.382 e. The molecule has 1 aromatic heterocycles. The topological polar surface area (TPSA) is 83.4 Å². The van der Waals surface area contributed by atoms with Crippen LogP contribution in [0.4, 0.5) is 24.5 Å². The van der Waals surface area contributed by atoms with E-state index >= 15 is 0 Å². The number of likely N-dealkylation sites (tertiary alicyclic amines) is 1. The van der Waals surface area contributed by atoms with Crippen molar-refractivity contribution in [3.63, 3.8) is 0 Å².